The van der Waals surface area contributed by atoms with Crippen LogP contribution in [0.1, 0.15) is 104 Å². The molecule has 0 rings (SSSR count). The van der Waals surface area contributed by atoms with Gasteiger partial charge in [-0.15, -0.1) is 0 Å². The first-order chi connectivity index (χ1) is 8.91. The first-order valence-electron chi connectivity index (χ1n) is 8.11. The standard InChI is InChI=1S/C16H34.H2O2/c1-3-5-7-9-11-13-15-16-14-12-10-8-6-4-2;1-2/h3-16H2,1-2H3;1-2H. The summed E-state index contributed by atoms with van der Waals surface area (Å²) in [5.74, 6) is 0. The van der Waals surface area contributed by atoms with Gasteiger partial charge in [0.1, 0.15) is 0 Å². The molecular weight excluding hydrogens is 224 g/mol. The van der Waals surface area contributed by atoms with Crippen LogP contribution in [0.5, 0.6) is 0 Å². The summed E-state index contributed by atoms with van der Waals surface area (Å²) in [5, 5.41) is 12.0. The molecule has 2 heteroatoms. The Morgan fingerprint density at radius 3 is 0.722 bits per heavy atom. The normalized spacial score (nSPS) is 10.0. The summed E-state index contributed by atoms with van der Waals surface area (Å²) in [5.41, 5.74) is 0. The zero-order chi connectivity index (χ0) is 13.9. The molecule has 0 saturated carbocycles. The zero-order valence-electron chi connectivity index (χ0n) is 12.8. The predicted octanol–water partition coefficient (Wildman–Crippen LogP) is 6.51. The van der Waals surface area contributed by atoms with E-state index in [1.54, 1.807) is 0 Å². The summed E-state index contributed by atoms with van der Waals surface area (Å²) in [7, 11) is 0. The van der Waals surface area contributed by atoms with E-state index in [0.717, 1.165) is 0 Å². The number of hydrogen-bond acceptors (Lipinski definition) is 2. The average molecular weight is 260 g/mol. The molecular formula is C16H36O2. The molecule has 0 radical (unpaired) electrons. The van der Waals surface area contributed by atoms with Crippen molar-refractivity contribution >= 4 is 0 Å². The van der Waals surface area contributed by atoms with Crippen molar-refractivity contribution in [2.75, 3.05) is 0 Å². The Labute approximate surface area is 115 Å². The molecule has 0 heterocycles. The van der Waals surface area contributed by atoms with Gasteiger partial charge in [-0.05, 0) is 0 Å². The van der Waals surface area contributed by atoms with E-state index in [0.29, 0.717) is 0 Å². The maximum absolute atomic E-state index is 6.00. The van der Waals surface area contributed by atoms with E-state index in [-0.39, 0.29) is 0 Å². The van der Waals surface area contributed by atoms with Crippen molar-refractivity contribution in [1.82, 2.24) is 0 Å². The molecule has 0 spiro atoms. The Morgan fingerprint density at radius 1 is 0.389 bits per heavy atom. The third-order valence-electron chi connectivity index (χ3n) is 3.46. The molecule has 112 valence electrons. The van der Waals surface area contributed by atoms with Gasteiger partial charge in [-0.1, -0.05) is 104 Å². The average Bonchev–Trinajstić information content (AvgIpc) is 2.42. The highest BCUT2D eigenvalue weighted by Gasteiger charge is 1.92. The van der Waals surface area contributed by atoms with E-state index in [9.17, 15) is 0 Å². The van der Waals surface area contributed by atoms with Crippen molar-refractivity contribution in [1.29, 1.82) is 0 Å². The SMILES string of the molecule is CCCCCCCCCCCCCCCC.OO. The summed E-state index contributed by atoms with van der Waals surface area (Å²) in [6, 6.07) is 0. The minimum absolute atomic E-state index is 1.37. The highest BCUT2D eigenvalue weighted by molar-refractivity contribution is 4.48. The Balaban J connectivity index is 0. The van der Waals surface area contributed by atoms with Crippen LogP contribution in [0.2, 0.25) is 0 Å². The fourth-order valence-electron chi connectivity index (χ4n) is 2.27. The Morgan fingerprint density at radius 2 is 0.556 bits per heavy atom. The van der Waals surface area contributed by atoms with Gasteiger partial charge >= 0.3 is 0 Å². The van der Waals surface area contributed by atoms with Gasteiger partial charge in [-0.2, -0.15) is 0 Å². The molecule has 0 aromatic heterocycles. The molecule has 0 fully saturated rings. The van der Waals surface area contributed by atoms with Crippen LogP contribution in [0.4, 0.5) is 0 Å². The number of unbranched alkanes of at least 4 members (excludes halogenated alkanes) is 13. The lowest BCUT2D eigenvalue weighted by Crippen LogP contribution is -1.82. The Bertz CT molecular complexity index is 102. The van der Waals surface area contributed by atoms with E-state index < -0.39 is 0 Å². The van der Waals surface area contributed by atoms with Gasteiger partial charge in [-0.25, -0.2) is 0 Å². The number of rotatable bonds is 13. The Hall–Kier alpha value is -0.0800. The molecule has 2 N–H and O–H groups in total. The first kappa shape index (κ1) is 20.2. The maximum atomic E-state index is 6.00. The molecule has 0 aromatic carbocycles. The second-order valence-corrected chi connectivity index (χ2v) is 5.24. The van der Waals surface area contributed by atoms with Crippen LogP contribution in [-0.4, -0.2) is 10.5 Å². The molecule has 0 aliphatic rings. The van der Waals surface area contributed by atoms with Crippen molar-refractivity contribution in [3.8, 4) is 0 Å². The summed E-state index contributed by atoms with van der Waals surface area (Å²) in [4.78, 5) is 0. The lowest BCUT2D eigenvalue weighted by Gasteiger charge is -2.02. The van der Waals surface area contributed by atoms with E-state index >= 15 is 0 Å². The smallest absolute Gasteiger partial charge is 0.0533 e. The Kier molecular flexibility index (Phi) is 24.9. The maximum Gasteiger partial charge on any atom is -0.0533 e. The van der Waals surface area contributed by atoms with Gasteiger partial charge in [0, 0.05) is 0 Å². The monoisotopic (exact) mass is 260 g/mol. The van der Waals surface area contributed by atoms with Crippen LogP contribution < -0.4 is 0 Å². The second-order valence-electron chi connectivity index (χ2n) is 5.24. The molecule has 18 heavy (non-hydrogen) atoms. The van der Waals surface area contributed by atoms with Crippen LogP contribution >= 0.6 is 0 Å². The molecule has 0 bridgehead atoms. The minimum Gasteiger partial charge on any atom is -0.255 e. The second kappa shape index (κ2) is 22.1. The van der Waals surface area contributed by atoms with Crippen molar-refractivity contribution in [3.05, 3.63) is 0 Å². The summed E-state index contributed by atoms with van der Waals surface area (Å²) in [6.45, 7) is 4.58. The fourth-order valence-corrected chi connectivity index (χ4v) is 2.27. The third kappa shape index (κ3) is 21.2. The molecule has 0 aliphatic heterocycles. The van der Waals surface area contributed by atoms with Crippen molar-refractivity contribution in [2.45, 2.75) is 104 Å². The zero-order valence-corrected chi connectivity index (χ0v) is 12.8. The van der Waals surface area contributed by atoms with E-state index in [4.69, 9.17) is 10.5 Å². The summed E-state index contributed by atoms with van der Waals surface area (Å²) < 4.78 is 0. The van der Waals surface area contributed by atoms with Gasteiger partial charge in [0.2, 0.25) is 0 Å². The highest BCUT2D eigenvalue weighted by atomic mass is 17.0. The van der Waals surface area contributed by atoms with Crippen LogP contribution in [0, 0.1) is 0 Å². The van der Waals surface area contributed by atoms with Gasteiger partial charge in [0.05, 0.1) is 0 Å². The van der Waals surface area contributed by atoms with E-state index in [2.05, 4.69) is 13.8 Å². The summed E-state index contributed by atoms with van der Waals surface area (Å²) in [6.07, 6.45) is 20.4. The number of hydrogen-bond donors (Lipinski definition) is 2. The third-order valence-corrected chi connectivity index (χ3v) is 3.46. The van der Waals surface area contributed by atoms with Gasteiger partial charge in [0.25, 0.3) is 0 Å². The molecule has 0 amide bonds. The lowest BCUT2D eigenvalue weighted by molar-refractivity contribution is -0.176. The summed E-state index contributed by atoms with van der Waals surface area (Å²) >= 11 is 0. The predicted molar refractivity (Wildman–Crippen MR) is 81.2 cm³/mol. The van der Waals surface area contributed by atoms with Crippen LogP contribution in [0.15, 0.2) is 0 Å². The largest absolute Gasteiger partial charge is 0.255 e. The lowest BCUT2D eigenvalue weighted by atomic mass is 10.0. The molecule has 0 saturated heterocycles. The molecule has 2 nitrogen and oxygen atoms in total. The van der Waals surface area contributed by atoms with Gasteiger partial charge < -0.3 is 0 Å². The quantitative estimate of drug-likeness (QED) is 0.225. The van der Waals surface area contributed by atoms with Gasteiger partial charge in [-0.3, -0.25) is 10.5 Å². The van der Waals surface area contributed by atoms with Crippen LogP contribution in [0.3, 0.4) is 0 Å². The first-order valence-corrected chi connectivity index (χ1v) is 8.11. The molecule has 0 aliphatic carbocycles. The topological polar surface area (TPSA) is 40.5 Å². The van der Waals surface area contributed by atoms with E-state index in [1.807, 2.05) is 0 Å². The van der Waals surface area contributed by atoms with Crippen LogP contribution in [0.25, 0.3) is 0 Å². The highest BCUT2D eigenvalue weighted by Crippen LogP contribution is 2.12. The van der Waals surface area contributed by atoms with Crippen LogP contribution in [-0.2, 0) is 0 Å². The van der Waals surface area contributed by atoms with E-state index in [1.165, 1.54) is 89.9 Å². The van der Waals surface area contributed by atoms with Crippen molar-refractivity contribution < 1.29 is 10.5 Å². The van der Waals surface area contributed by atoms with Crippen molar-refractivity contribution in [2.24, 2.45) is 0 Å². The van der Waals surface area contributed by atoms with Gasteiger partial charge in [0.15, 0.2) is 0 Å². The minimum atomic E-state index is 1.37. The fraction of sp³-hybridized carbons (Fsp3) is 1.00. The molecule has 0 unspecified atom stereocenters. The molecule has 0 aromatic rings. The van der Waals surface area contributed by atoms with Crippen molar-refractivity contribution in [3.63, 3.8) is 0 Å². The molecule has 0 atom stereocenters.